The van der Waals surface area contributed by atoms with Crippen molar-refractivity contribution in [1.82, 2.24) is 4.57 Å². The van der Waals surface area contributed by atoms with Gasteiger partial charge in [-0.3, -0.25) is 9.59 Å². The van der Waals surface area contributed by atoms with Gasteiger partial charge < -0.3 is 9.47 Å². The largest absolute Gasteiger partial charge is 0.313 e. The maximum Gasteiger partial charge on any atom is 0.258 e. The smallest absolute Gasteiger partial charge is 0.258 e. The number of nitrogens with zero attached hydrogens (tertiary/aromatic N) is 3. The van der Waals surface area contributed by atoms with Gasteiger partial charge in [0.1, 0.15) is 0 Å². The van der Waals surface area contributed by atoms with Crippen LogP contribution in [0.3, 0.4) is 0 Å². The summed E-state index contributed by atoms with van der Waals surface area (Å²) in [5.41, 5.74) is 4.41. The lowest BCUT2D eigenvalue weighted by atomic mass is 10.2. The van der Waals surface area contributed by atoms with Crippen LogP contribution >= 0.6 is 23.1 Å². The molecular weight excluding hydrogens is 414 g/mol. The first-order valence-electron chi connectivity index (χ1n) is 9.81. The van der Waals surface area contributed by atoms with E-state index in [2.05, 4.69) is 35.8 Å². The van der Waals surface area contributed by atoms with Gasteiger partial charge in [0.05, 0.1) is 21.7 Å². The number of aryl methyl sites for hydroxylation is 1. The number of fused-ring (bicyclic) bond motifs is 2. The maximum atomic E-state index is 12.6. The maximum absolute atomic E-state index is 12.6. The zero-order valence-corrected chi connectivity index (χ0v) is 18.5. The van der Waals surface area contributed by atoms with Gasteiger partial charge in [0.2, 0.25) is 5.91 Å². The van der Waals surface area contributed by atoms with E-state index < -0.39 is 0 Å². The predicted octanol–water partition coefficient (Wildman–Crippen LogP) is 3.95. The van der Waals surface area contributed by atoms with Crippen molar-refractivity contribution in [2.24, 2.45) is 4.99 Å². The molecule has 1 aliphatic rings. The van der Waals surface area contributed by atoms with Gasteiger partial charge in [-0.1, -0.05) is 41.7 Å². The molecule has 4 rings (SSSR count). The van der Waals surface area contributed by atoms with Crippen molar-refractivity contribution in [3.8, 4) is 0 Å². The summed E-state index contributed by atoms with van der Waals surface area (Å²) in [6, 6.07) is 14.2. The summed E-state index contributed by atoms with van der Waals surface area (Å²) in [6.45, 7) is 7.16. The molecule has 5 nitrogen and oxygen atoms in total. The van der Waals surface area contributed by atoms with Crippen molar-refractivity contribution >= 4 is 50.8 Å². The molecule has 0 aliphatic carbocycles. The lowest BCUT2D eigenvalue weighted by Gasteiger charge is -2.16. The molecule has 2 amide bonds. The molecule has 1 aliphatic heterocycles. The van der Waals surface area contributed by atoms with Crippen LogP contribution in [0.25, 0.3) is 10.2 Å². The lowest BCUT2D eigenvalue weighted by Crippen LogP contribution is -2.30. The first-order chi connectivity index (χ1) is 14.6. The SMILES string of the molecule is C=CCn1c(=NC(=O)CSCC(=O)N2CCc3ccccc32)sc2cc(C)ccc21. The fourth-order valence-corrected chi connectivity index (χ4v) is 5.44. The number of benzene rings is 2. The van der Waals surface area contributed by atoms with Crippen LogP contribution in [-0.2, 0) is 22.6 Å². The summed E-state index contributed by atoms with van der Waals surface area (Å²) >= 11 is 2.82. The molecule has 0 spiro atoms. The Balaban J connectivity index is 1.42. The third-order valence-corrected chi connectivity index (χ3v) is 6.95. The van der Waals surface area contributed by atoms with E-state index in [1.807, 2.05) is 34.6 Å². The highest BCUT2D eigenvalue weighted by Crippen LogP contribution is 2.28. The highest BCUT2D eigenvalue weighted by molar-refractivity contribution is 8.00. The van der Waals surface area contributed by atoms with Crippen LogP contribution in [0.1, 0.15) is 11.1 Å². The molecule has 0 saturated heterocycles. The van der Waals surface area contributed by atoms with E-state index in [4.69, 9.17) is 0 Å². The van der Waals surface area contributed by atoms with Crippen LogP contribution in [-0.4, -0.2) is 34.4 Å². The Morgan fingerprint density at radius 2 is 2.07 bits per heavy atom. The first kappa shape index (κ1) is 20.6. The van der Waals surface area contributed by atoms with E-state index >= 15 is 0 Å². The third kappa shape index (κ3) is 4.27. The fraction of sp³-hybridized carbons (Fsp3) is 0.261. The number of aromatic nitrogens is 1. The molecule has 0 saturated carbocycles. The number of para-hydroxylation sites is 1. The quantitative estimate of drug-likeness (QED) is 0.549. The minimum absolute atomic E-state index is 0.0387. The second-order valence-electron chi connectivity index (χ2n) is 7.18. The summed E-state index contributed by atoms with van der Waals surface area (Å²) in [7, 11) is 0. The van der Waals surface area contributed by atoms with Crippen LogP contribution in [0.15, 0.2) is 60.1 Å². The van der Waals surface area contributed by atoms with Crippen LogP contribution in [0.2, 0.25) is 0 Å². The number of carbonyl (C=O) groups is 2. The predicted molar refractivity (Wildman–Crippen MR) is 125 cm³/mol. The molecule has 0 unspecified atom stereocenters. The van der Waals surface area contributed by atoms with Crippen LogP contribution in [0.5, 0.6) is 0 Å². The number of thiazole rings is 1. The van der Waals surface area contributed by atoms with Crippen molar-refractivity contribution in [1.29, 1.82) is 0 Å². The number of carbonyl (C=O) groups excluding carboxylic acids is 2. The number of allylic oxidation sites excluding steroid dienone is 1. The number of amides is 2. The fourth-order valence-electron chi connectivity index (χ4n) is 3.61. The molecule has 2 heterocycles. The van der Waals surface area contributed by atoms with Gasteiger partial charge in [-0.25, -0.2) is 0 Å². The Hall–Kier alpha value is -2.64. The van der Waals surface area contributed by atoms with Crippen LogP contribution in [0.4, 0.5) is 5.69 Å². The number of anilines is 1. The lowest BCUT2D eigenvalue weighted by molar-refractivity contribution is -0.116. The topological polar surface area (TPSA) is 54.7 Å². The summed E-state index contributed by atoms with van der Waals surface area (Å²) in [5, 5.41) is 0. The van der Waals surface area contributed by atoms with Gasteiger partial charge in [-0.05, 0) is 42.7 Å². The summed E-state index contributed by atoms with van der Waals surface area (Å²) in [4.78, 5) is 31.9. The second-order valence-corrected chi connectivity index (χ2v) is 9.17. The van der Waals surface area contributed by atoms with Gasteiger partial charge in [0.25, 0.3) is 5.91 Å². The Morgan fingerprint density at radius 3 is 2.90 bits per heavy atom. The Kier molecular flexibility index (Phi) is 6.20. The van der Waals surface area contributed by atoms with Gasteiger partial charge in [0.15, 0.2) is 4.80 Å². The first-order valence-corrected chi connectivity index (χ1v) is 11.8. The molecule has 0 fully saturated rings. The van der Waals surface area contributed by atoms with Crippen LogP contribution in [0, 0.1) is 6.92 Å². The molecule has 3 aromatic rings. The van der Waals surface area contributed by atoms with E-state index in [0.717, 1.165) is 22.3 Å². The minimum atomic E-state index is -0.226. The van der Waals surface area contributed by atoms with E-state index in [1.165, 1.54) is 34.2 Å². The molecular formula is C23H23N3O2S2. The molecule has 2 aromatic carbocycles. The molecule has 0 atom stereocenters. The summed E-state index contributed by atoms with van der Waals surface area (Å²) in [5.74, 6) is 0.267. The zero-order valence-electron chi connectivity index (χ0n) is 16.8. The molecule has 7 heteroatoms. The van der Waals surface area contributed by atoms with E-state index in [9.17, 15) is 9.59 Å². The second kappa shape index (κ2) is 9.02. The van der Waals surface area contributed by atoms with Crippen molar-refractivity contribution < 1.29 is 9.59 Å². The summed E-state index contributed by atoms with van der Waals surface area (Å²) < 4.78 is 3.10. The molecule has 0 bridgehead atoms. The van der Waals surface area contributed by atoms with E-state index in [1.54, 1.807) is 6.08 Å². The number of rotatable bonds is 6. The average Bonchev–Trinajstić information content (AvgIpc) is 3.29. The minimum Gasteiger partial charge on any atom is -0.313 e. The Bertz CT molecular complexity index is 1190. The normalized spacial score (nSPS) is 13.6. The van der Waals surface area contributed by atoms with Gasteiger partial charge in [0, 0.05) is 18.8 Å². The van der Waals surface area contributed by atoms with Gasteiger partial charge >= 0.3 is 0 Å². The zero-order chi connectivity index (χ0) is 21.1. The Labute approximate surface area is 183 Å². The number of thioether (sulfide) groups is 1. The highest BCUT2D eigenvalue weighted by Gasteiger charge is 2.23. The van der Waals surface area contributed by atoms with E-state index in [0.29, 0.717) is 17.9 Å². The molecule has 154 valence electrons. The van der Waals surface area contributed by atoms with Crippen molar-refractivity contribution in [2.45, 2.75) is 19.9 Å². The average molecular weight is 438 g/mol. The summed E-state index contributed by atoms with van der Waals surface area (Å²) in [6.07, 6.45) is 2.69. The van der Waals surface area contributed by atoms with Gasteiger partial charge in [-0.15, -0.1) is 18.3 Å². The third-order valence-electron chi connectivity index (χ3n) is 5.01. The van der Waals surface area contributed by atoms with Crippen LogP contribution < -0.4 is 9.70 Å². The van der Waals surface area contributed by atoms with E-state index in [-0.39, 0.29) is 23.3 Å². The monoisotopic (exact) mass is 437 g/mol. The number of hydrogen-bond acceptors (Lipinski definition) is 4. The number of hydrogen-bond donors (Lipinski definition) is 0. The Morgan fingerprint density at radius 1 is 1.23 bits per heavy atom. The molecule has 1 aromatic heterocycles. The standard InChI is InChI=1S/C23H23N3O2S2/c1-3-11-26-19-9-8-16(2)13-20(19)30-23(26)24-21(27)14-29-15-22(28)25-12-10-17-6-4-5-7-18(17)25/h3-9,13H,1,10-12,14-15H2,2H3. The van der Waals surface area contributed by atoms with Crippen molar-refractivity contribution in [2.75, 3.05) is 23.0 Å². The van der Waals surface area contributed by atoms with Crippen molar-refractivity contribution in [3.63, 3.8) is 0 Å². The molecule has 30 heavy (non-hydrogen) atoms. The molecule has 0 radical (unpaired) electrons. The van der Waals surface area contributed by atoms with Crippen molar-refractivity contribution in [3.05, 3.63) is 71.0 Å². The highest BCUT2D eigenvalue weighted by atomic mass is 32.2. The van der Waals surface area contributed by atoms with Gasteiger partial charge in [-0.2, -0.15) is 4.99 Å². The molecule has 0 N–H and O–H groups in total.